The summed E-state index contributed by atoms with van der Waals surface area (Å²) in [7, 11) is -3.77. The summed E-state index contributed by atoms with van der Waals surface area (Å²) in [5.41, 5.74) is -2.98. The smallest absolute Gasteiger partial charge is 0.294 e. The Morgan fingerprint density at radius 3 is 1.22 bits per heavy atom. The summed E-state index contributed by atoms with van der Waals surface area (Å²) in [5.74, 6) is -3.75. The number of hydrogen-bond acceptors (Lipinski definition) is 4. The Labute approximate surface area is 186 Å². The molecule has 0 amide bonds. The van der Waals surface area contributed by atoms with Gasteiger partial charge < -0.3 is 0 Å². The van der Waals surface area contributed by atoms with E-state index in [1.165, 1.54) is 38.1 Å². The van der Waals surface area contributed by atoms with Crippen molar-refractivity contribution >= 4 is 26.4 Å². The van der Waals surface area contributed by atoms with Gasteiger partial charge in [0.15, 0.2) is 11.6 Å². The maximum absolute atomic E-state index is 14.0. The molecule has 0 radical (unpaired) electrons. The Morgan fingerprint density at radius 1 is 0.688 bits per heavy atom. The Hall–Kier alpha value is -2.45. The third-order valence-electron chi connectivity index (χ3n) is 7.08. The van der Waals surface area contributed by atoms with Crippen LogP contribution in [0.5, 0.6) is 0 Å². The molecule has 1 aliphatic rings. The van der Waals surface area contributed by atoms with E-state index in [2.05, 4.69) is 0 Å². The minimum absolute atomic E-state index is 0.214. The number of Topliss-reactive ketones (excluding diaryl/α,β-unsaturated/α-hetero) is 2. The average molecular weight is 446 g/mol. The van der Waals surface area contributed by atoms with E-state index in [4.69, 9.17) is 0 Å². The summed E-state index contributed by atoms with van der Waals surface area (Å²) in [6.45, 7) is 2.77. The highest BCUT2D eigenvalue weighted by Crippen LogP contribution is 2.60. The van der Waals surface area contributed by atoms with E-state index in [1.807, 2.05) is 0 Å². The first kappa shape index (κ1) is 24.2. The monoisotopic (exact) mass is 446 g/mol. The molecule has 10 heteroatoms. The quantitative estimate of drug-likeness (QED) is 0.346. The van der Waals surface area contributed by atoms with Crippen LogP contribution in [0.4, 0.5) is 17.3 Å². The second kappa shape index (κ2) is 8.83. The number of carbonyl (C=O) groups excluding carboxylic acids is 2. The van der Waals surface area contributed by atoms with Gasteiger partial charge in [-0.1, -0.05) is 60.7 Å². The van der Waals surface area contributed by atoms with Crippen molar-refractivity contribution < 1.29 is 26.9 Å². The number of carbonyl (C=O) groups is 2. The number of hydrogen-bond donors (Lipinski definition) is 0. The van der Waals surface area contributed by atoms with Crippen molar-refractivity contribution in [3.63, 3.8) is 0 Å². The van der Waals surface area contributed by atoms with Gasteiger partial charge in [0, 0.05) is 22.2 Å². The highest BCUT2D eigenvalue weighted by Gasteiger charge is 2.76. The Bertz CT molecular complexity index is 891. The summed E-state index contributed by atoms with van der Waals surface area (Å²) < 4.78 is 55.9. The fraction of sp³-hybridized carbons (Fsp3) is 0.364. The summed E-state index contributed by atoms with van der Waals surface area (Å²) in [6, 6.07) is 15.9. The maximum Gasteiger partial charge on any atom is 0.636 e. The number of nitrogens with zero attached hydrogens (tertiary/aromatic N) is 2. The molecule has 168 valence electrons. The van der Waals surface area contributed by atoms with Crippen LogP contribution in [0, 0.1) is 11.8 Å². The summed E-state index contributed by atoms with van der Waals surface area (Å²) >= 11 is 0. The van der Waals surface area contributed by atoms with Gasteiger partial charge in [-0.15, -0.1) is 0 Å². The van der Waals surface area contributed by atoms with Crippen molar-refractivity contribution in [2.24, 2.45) is 11.8 Å². The highest BCUT2D eigenvalue weighted by atomic mass is 19.2. The highest BCUT2D eigenvalue weighted by molar-refractivity contribution is 6.40. The Balaban J connectivity index is 2.22. The molecule has 0 aliphatic heterocycles. The van der Waals surface area contributed by atoms with E-state index in [9.17, 15) is 26.9 Å². The zero-order chi connectivity index (χ0) is 23.8. The van der Waals surface area contributed by atoms with Gasteiger partial charge in [-0.3, -0.25) is 36.5 Å². The van der Waals surface area contributed by atoms with Crippen molar-refractivity contribution in [1.29, 1.82) is 0 Å². The maximum atomic E-state index is 14.0. The van der Waals surface area contributed by atoms with Crippen molar-refractivity contribution in [3.05, 3.63) is 71.8 Å². The number of benzene rings is 2. The molecule has 0 heterocycles. The molecule has 4 nitrogen and oxygen atoms in total. The second-order valence-electron chi connectivity index (χ2n) is 8.56. The number of halogens is 4. The molecule has 1 fully saturated rings. The van der Waals surface area contributed by atoms with Crippen LogP contribution >= 0.6 is 0 Å². The molecule has 0 N–H and O–H groups in total. The van der Waals surface area contributed by atoms with Gasteiger partial charge in [-0.25, -0.2) is 0 Å². The molecule has 3 rings (SSSR count). The van der Waals surface area contributed by atoms with E-state index in [0.717, 1.165) is 14.1 Å². The van der Waals surface area contributed by atoms with Crippen molar-refractivity contribution in [2.45, 2.75) is 24.9 Å². The van der Waals surface area contributed by atoms with Crippen LogP contribution in [-0.4, -0.2) is 61.2 Å². The van der Waals surface area contributed by atoms with E-state index in [-0.39, 0.29) is 11.1 Å². The molecule has 1 aliphatic carbocycles. The number of ketones is 2. The van der Waals surface area contributed by atoms with Crippen LogP contribution in [0.25, 0.3) is 0 Å². The van der Waals surface area contributed by atoms with Crippen LogP contribution in [0.1, 0.15) is 34.6 Å². The van der Waals surface area contributed by atoms with Gasteiger partial charge in [0.1, 0.15) is 0 Å². The second-order valence-corrected chi connectivity index (χ2v) is 8.56. The molecular formula is C22H24B2F4N2O2. The fourth-order valence-corrected chi connectivity index (χ4v) is 5.26. The molecule has 0 spiro atoms. The summed E-state index contributed by atoms with van der Waals surface area (Å²) in [4.78, 5) is 28.4. The minimum Gasteiger partial charge on any atom is -0.294 e. The molecule has 32 heavy (non-hydrogen) atoms. The number of rotatable bonds is 8. The molecule has 2 aromatic carbocycles. The van der Waals surface area contributed by atoms with E-state index >= 15 is 0 Å². The average Bonchev–Trinajstić information content (AvgIpc) is 2.78. The molecule has 0 bridgehead atoms. The molecule has 0 aromatic heterocycles. The lowest BCUT2D eigenvalue weighted by molar-refractivity contribution is -0.128. The fourth-order valence-electron chi connectivity index (χ4n) is 5.26. The predicted octanol–water partition coefficient (Wildman–Crippen LogP) is 4.23. The lowest BCUT2D eigenvalue weighted by Gasteiger charge is -2.69. The lowest BCUT2D eigenvalue weighted by Crippen LogP contribution is -2.85. The van der Waals surface area contributed by atoms with E-state index in [1.54, 1.807) is 36.4 Å². The largest absolute Gasteiger partial charge is 0.636 e. The van der Waals surface area contributed by atoms with Crippen LogP contribution in [0.15, 0.2) is 60.7 Å². The third kappa shape index (κ3) is 3.59. The molecule has 0 unspecified atom stereocenters. The summed E-state index contributed by atoms with van der Waals surface area (Å²) in [5, 5.41) is 0. The normalized spacial score (nSPS) is 27.2. The van der Waals surface area contributed by atoms with Gasteiger partial charge in [-0.05, 0) is 27.9 Å². The lowest BCUT2D eigenvalue weighted by atomic mass is 9.42. The standard InChI is InChI=1S/C22H24B2F4N2O2/c1-21(29(3)23(25)26)19(17(31)15-11-7-5-8-12-15)22(2,30(4)24(27)28)20(21)18(32)16-13-9-6-10-14-16/h5-14,19-20H,1-4H3. The zero-order valence-corrected chi connectivity index (χ0v) is 18.3. The van der Waals surface area contributed by atoms with Gasteiger partial charge in [0.2, 0.25) is 0 Å². The molecule has 0 atom stereocenters. The van der Waals surface area contributed by atoms with Gasteiger partial charge in [0.05, 0.1) is 11.8 Å². The van der Waals surface area contributed by atoms with Crippen molar-refractivity contribution in [1.82, 2.24) is 9.62 Å². The first-order valence-corrected chi connectivity index (χ1v) is 10.2. The van der Waals surface area contributed by atoms with Crippen LogP contribution in [-0.2, 0) is 0 Å². The Morgan fingerprint density at radius 2 is 0.969 bits per heavy atom. The predicted molar refractivity (Wildman–Crippen MR) is 117 cm³/mol. The molecule has 0 saturated heterocycles. The minimum atomic E-state index is -3.00. The van der Waals surface area contributed by atoms with Crippen LogP contribution in [0.3, 0.4) is 0 Å². The first-order chi connectivity index (χ1) is 15.0. The Kier molecular flexibility index (Phi) is 6.67. The summed E-state index contributed by atoms with van der Waals surface area (Å²) in [6.07, 6.45) is 0. The van der Waals surface area contributed by atoms with Crippen molar-refractivity contribution in [3.8, 4) is 0 Å². The van der Waals surface area contributed by atoms with Crippen LogP contribution < -0.4 is 0 Å². The topological polar surface area (TPSA) is 40.6 Å². The first-order valence-electron chi connectivity index (χ1n) is 10.2. The van der Waals surface area contributed by atoms with Crippen LogP contribution in [0.2, 0.25) is 0 Å². The van der Waals surface area contributed by atoms with Crippen molar-refractivity contribution in [2.75, 3.05) is 14.1 Å². The van der Waals surface area contributed by atoms with Gasteiger partial charge in [-0.2, -0.15) is 0 Å². The SMILES string of the molecule is CN(B(F)F)C1(C)C(C(=O)c2ccccc2)C(C)(N(C)B(F)F)C1C(=O)c1ccccc1. The third-order valence-corrected chi connectivity index (χ3v) is 7.08. The molecule has 1 saturated carbocycles. The van der Waals surface area contributed by atoms with Gasteiger partial charge in [0.25, 0.3) is 0 Å². The van der Waals surface area contributed by atoms with E-state index < -0.39 is 49.3 Å². The molecule has 2 aromatic rings. The molecular weight excluding hydrogens is 422 g/mol. The van der Waals surface area contributed by atoms with Gasteiger partial charge >= 0.3 is 14.8 Å². The van der Waals surface area contributed by atoms with E-state index in [0.29, 0.717) is 9.62 Å². The zero-order valence-electron chi connectivity index (χ0n) is 18.3.